The Hall–Kier alpha value is -2.25. The second-order valence-corrected chi connectivity index (χ2v) is 7.67. The molecule has 5 nitrogen and oxygen atoms in total. The second kappa shape index (κ2) is 7.40. The van der Waals surface area contributed by atoms with Gasteiger partial charge in [0, 0.05) is 12.5 Å². The molecule has 3 amide bonds. The molecule has 2 fully saturated rings. The summed E-state index contributed by atoms with van der Waals surface area (Å²) >= 11 is 0. The second-order valence-electron chi connectivity index (χ2n) is 7.67. The Morgan fingerprint density at radius 3 is 2.22 bits per heavy atom. The number of nitrogens with one attached hydrogen (secondary N) is 2. The average molecular weight is 383 g/mol. The molecule has 0 aromatic heterocycles. The van der Waals surface area contributed by atoms with Crippen LogP contribution in [-0.4, -0.2) is 18.0 Å². The zero-order valence-corrected chi connectivity index (χ0v) is 14.9. The number of primary amides is 1. The summed E-state index contributed by atoms with van der Waals surface area (Å²) in [5, 5.41) is 5.89. The summed E-state index contributed by atoms with van der Waals surface area (Å²) in [6.45, 7) is 0. The number of halogens is 3. The molecule has 4 N–H and O–H groups in total. The number of benzene rings is 1. The van der Waals surface area contributed by atoms with Crippen molar-refractivity contribution in [3.63, 3.8) is 0 Å². The van der Waals surface area contributed by atoms with Gasteiger partial charge in [0.1, 0.15) is 0 Å². The number of amides is 3. The molecule has 2 aliphatic rings. The first-order chi connectivity index (χ1) is 12.7. The van der Waals surface area contributed by atoms with E-state index in [1.807, 2.05) is 0 Å². The van der Waals surface area contributed by atoms with Crippen LogP contribution in [0.2, 0.25) is 0 Å². The minimum Gasteiger partial charge on any atom is -0.370 e. The Morgan fingerprint density at radius 1 is 1.11 bits per heavy atom. The standard InChI is InChI=1S/C19H24F3N3O2/c20-19(21,22)14-5-3-13(4-6-14)18(7-1-2-8-18)25-17(27)24-15-9-12(10-15)11-16(23)26/h3-6,12,15H,1-2,7-11H2,(H2,23,26)(H2,24,25,27). The van der Waals surface area contributed by atoms with E-state index < -0.39 is 17.3 Å². The van der Waals surface area contributed by atoms with Gasteiger partial charge in [0.25, 0.3) is 0 Å². The highest BCUT2D eigenvalue weighted by Gasteiger charge is 2.39. The molecule has 2 saturated carbocycles. The quantitative estimate of drug-likeness (QED) is 0.728. The van der Waals surface area contributed by atoms with Gasteiger partial charge < -0.3 is 16.4 Å². The van der Waals surface area contributed by atoms with Crippen LogP contribution in [0.5, 0.6) is 0 Å². The predicted molar refractivity (Wildman–Crippen MR) is 93.6 cm³/mol. The smallest absolute Gasteiger partial charge is 0.370 e. The first kappa shape index (κ1) is 19.5. The van der Waals surface area contributed by atoms with Crippen molar-refractivity contribution in [3.8, 4) is 0 Å². The van der Waals surface area contributed by atoms with E-state index in [0.717, 1.165) is 25.0 Å². The monoisotopic (exact) mass is 383 g/mol. The van der Waals surface area contributed by atoms with Crippen LogP contribution in [-0.2, 0) is 16.5 Å². The molecule has 1 aromatic rings. The van der Waals surface area contributed by atoms with Gasteiger partial charge in [-0.15, -0.1) is 0 Å². The minimum absolute atomic E-state index is 0.000378. The number of carbonyl (C=O) groups excluding carboxylic acids is 2. The van der Waals surface area contributed by atoms with E-state index in [2.05, 4.69) is 10.6 Å². The summed E-state index contributed by atoms with van der Waals surface area (Å²) in [5.74, 6) is -0.127. The third kappa shape index (κ3) is 4.54. The van der Waals surface area contributed by atoms with Crippen LogP contribution in [0, 0.1) is 5.92 Å². The average Bonchev–Trinajstić information content (AvgIpc) is 3.01. The summed E-state index contributed by atoms with van der Waals surface area (Å²) < 4.78 is 38.4. The zero-order valence-electron chi connectivity index (χ0n) is 14.9. The molecule has 0 unspecified atom stereocenters. The Labute approximate surface area is 155 Å². The molecule has 0 spiro atoms. The highest BCUT2D eigenvalue weighted by Crippen LogP contribution is 2.40. The van der Waals surface area contributed by atoms with E-state index in [0.29, 0.717) is 37.7 Å². The van der Waals surface area contributed by atoms with Crippen LogP contribution >= 0.6 is 0 Å². The number of rotatable bonds is 5. The molecule has 0 atom stereocenters. The van der Waals surface area contributed by atoms with Gasteiger partial charge in [-0.05, 0) is 49.3 Å². The SMILES string of the molecule is NC(=O)CC1CC(NC(=O)NC2(c3ccc(C(F)(F)F)cc3)CCCC2)C1. The lowest BCUT2D eigenvalue weighted by atomic mass is 9.78. The third-order valence-electron chi connectivity index (χ3n) is 5.64. The van der Waals surface area contributed by atoms with Gasteiger partial charge in [-0.1, -0.05) is 25.0 Å². The molecule has 0 bridgehead atoms. The van der Waals surface area contributed by atoms with E-state index >= 15 is 0 Å². The molecule has 1 aromatic carbocycles. The maximum Gasteiger partial charge on any atom is 0.416 e. The summed E-state index contributed by atoms with van der Waals surface area (Å²) in [6.07, 6.45) is 0.582. The molecule has 2 aliphatic carbocycles. The van der Waals surface area contributed by atoms with Crippen LogP contribution in [0.1, 0.15) is 56.1 Å². The minimum atomic E-state index is -4.38. The Bertz CT molecular complexity index is 691. The summed E-state index contributed by atoms with van der Waals surface area (Å²) in [5.41, 5.74) is 4.54. The van der Waals surface area contributed by atoms with Gasteiger partial charge in [0.2, 0.25) is 5.91 Å². The normalized spacial score (nSPS) is 24.1. The first-order valence-electron chi connectivity index (χ1n) is 9.23. The molecular weight excluding hydrogens is 359 g/mol. The van der Waals surface area contributed by atoms with Gasteiger partial charge in [0.15, 0.2) is 0 Å². The molecular formula is C19H24F3N3O2. The number of hydrogen-bond donors (Lipinski definition) is 3. The Morgan fingerprint density at radius 2 is 1.70 bits per heavy atom. The summed E-state index contributed by atoms with van der Waals surface area (Å²) in [7, 11) is 0. The van der Waals surface area contributed by atoms with Crippen molar-refractivity contribution in [1.29, 1.82) is 0 Å². The number of nitrogens with two attached hydrogens (primary N) is 1. The highest BCUT2D eigenvalue weighted by molar-refractivity contribution is 5.76. The van der Waals surface area contributed by atoms with Crippen molar-refractivity contribution in [2.75, 3.05) is 0 Å². The van der Waals surface area contributed by atoms with Crippen molar-refractivity contribution in [2.24, 2.45) is 11.7 Å². The number of alkyl halides is 3. The van der Waals surface area contributed by atoms with Gasteiger partial charge in [-0.25, -0.2) is 4.79 Å². The predicted octanol–water partition coefficient (Wildman–Crippen LogP) is 3.43. The molecule has 27 heavy (non-hydrogen) atoms. The molecule has 0 saturated heterocycles. The zero-order chi connectivity index (χ0) is 19.7. The lowest BCUT2D eigenvalue weighted by Gasteiger charge is -2.37. The molecule has 0 radical (unpaired) electrons. The van der Waals surface area contributed by atoms with Crippen molar-refractivity contribution >= 4 is 11.9 Å². The van der Waals surface area contributed by atoms with Crippen LogP contribution in [0.4, 0.5) is 18.0 Å². The van der Waals surface area contributed by atoms with Crippen LogP contribution in [0.3, 0.4) is 0 Å². The van der Waals surface area contributed by atoms with Gasteiger partial charge >= 0.3 is 12.2 Å². The topological polar surface area (TPSA) is 84.2 Å². The van der Waals surface area contributed by atoms with Gasteiger partial charge in [-0.3, -0.25) is 4.79 Å². The Kier molecular flexibility index (Phi) is 5.35. The van der Waals surface area contributed by atoms with Crippen molar-refractivity contribution < 1.29 is 22.8 Å². The van der Waals surface area contributed by atoms with Crippen molar-refractivity contribution in [1.82, 2.24) is 10.6 Å². The fourth-order valence-electron chi connectivity index (χ4n) is 4.19. The molecule has 0 heterocycles. The van der Waals surface area contributed by atoms with E-state index in [9.17, 15) is 22.8 Å². The fraction of sp³-hybridized carbons (Fsp3) is 0.579. The highest BCUT2D eigenvalue weighted by atomic mass is 19.4. The van der Waals surface area contributed by atoms with Gasteiger partial charge in [0.05, 0.1) is 11.1 Å². The van der Waals surface area contributed by atoms with Crippen LogP contribution in [0.15, 0.2) is 24.3 Å². The van der Waals surface area contributed by atoms with Crippen LogP contribution in [0.25, 0.3) is 0 Å². The van der Waals surface area contributed by atoms with E-state index in [1.165, 1.54) is 12.1 Å². The molecule has 3 rings (SSSR count). The summed E-state index contributed by atoms with van der Waals surface area (Å²) in [4.78, 5) is 23.3. The number of carbonyl (C=O) groups is 2. The van der Waals surface area contributed by atoms with E-state index in [-0.39, 0.29) is 23.9 Å². The van der Waals surface area contributed by atoms with Crippen LogP contribution < -0.4 is 16.4 Å². The molecule has 8 heteroatoms. The lowest BCUT2D eigenvalue weighted by molar-refractivity contribution is -0.137. The molecule has 0 aliphatic heterocycles. The van der Waals surface area contributed by atoms with E-state index in [4.69, 9.17) is 5.73 Å². The lowest BCUT2D eigenvalue weighted by Crippen LogP contribution is -2.54. The fourth-order valence-corrected chi connectivity index (χ4v) is 4.19. The first-order valence-corrected chi connectivity index (χ1v) is 9.23. The maximum absolute atomic E-state index is 12.8. The van der Waals surface area contributed by atoms with E-state index in [1.54, 1.807) is 0 Å². The van der Waals surface area contributed by atoms with Crippen molar-refractivity contribution in [3.05, 3.63) is 35.4 Å². The number of urea groups is 1. The number of hydrogen-bond acceptors (Lipinski definition) is 2. The maximum atomic E-state index is 12.8. The largest absolute Gasteiger partial charge is 0.416 e. The van der Waals surface area contributed by atoms with Gasteiger partial charge in [-0.2, -0.15) is 13.2 Å². The van der Waals surface area contributed by atoms with Crippen molar-refractivity contribution in [2.45, 2.75) is 62.7 Å². The Balaban J connectivity index is 1.62. The molecule has 148 valence electrons. The third-order valence-corrected chi connectivity index (χ3v) is 5.64. The summed E-state index contributed by atoms with van der Waals surface area (Å²) in [6, 6.07) is 4.73.